The number of piperidine rings is 1. The van der Waals surface area contributed by atoms with Crippen molar-refractivity contribution in [3.8, 4) is 0 Å². The lowest BCUT2D eigenvalue weighted by atomic mass is 9.96. The van der Waals surface area contributed by atoms with Crippen LogP contribution in [0.25, 0.3) is 0 Å². The molecular weight excluding hydrogens is 196 g/mol. The highest BCUT2D eigenvalue weighted by Crippen LogP contribution is 2.29. The smallest absolute Gasteiger partial charge is 0.0410 e. The van der Waals surface area contributed by atoms with Crippen LogP contribution in [0.2, 0.25) is 5.02 Å². The number of anilines is 1. The first kappa shape index (κ1) is 9.81. The summed E-state index contributed by atoms with van der Waals surface area (Å²) < 4.78 is 0. The van der Waals surface area contributed by atoms with Crippen LogP contribution >= 0.6 is 11.6 Å². The van der Waals surface area contributed by atoms with Crippen molar-refractivity contribution >= 4 is 17.3 Å². The van der Waals surface area contributed by atoms with E-state index in [9.17, 15) is 0 Å². The first-order valence-electron chi connectivity index (χ1n) is 5.05. The van der Waals surface area contributed by atoms with Crippen molar-refractivity contribution in [2.75, 3.05) is 12.3 Å². The lowest BCUT2D eigenvalue weighted by molar-refractivity contribution is 0.413. The van der Waals surface area contributed by atoms with Gasteiger partial charge in [-0.1, -0.05) is 18.0 Å². The van der Waals surface area contributed by atoms with Gasteiger partial charge in [0.1, 0.15) is 0 Å². The van der Waals surface area contributed by atoms with Gasteiger partial charge in [0, 0.05) is 16.8 Å². The summed E-state index contributed by atoms with van der Waals surface area (Å²) in [5.74, 6) is 0. The average Bonchev–Trinajstić information content (AvgIpc) is 2.23. The van der Waals surface area contributed by atoms with Crippen molar-refractivity contribution in [2.24, 2.45) is 0 Å². The van der Waals surface area contributed by atoms with Crippen LogP contribution in [0.3, 0.4) is 0 Å². The fourth-order valence-corrected chi connectivity index (χ4v) is 2.15. The molecule has 1 aromatic carbocycles. The maximum Gasteiger partial charge on any atom is 0.0410 e. The highest BCUT2D eigenvalue weighted by Gasteiger charge is 2.16. The predicted molar refractivity (Wildman–Crippen MR) is 60.5 cm³/mol. The first-order valence-corrected chi connectivity index (χ1v) is 5.43. The molecule has 2 rings (SSSR count). The Balaban J connectivity index is 2.24. The van der Waals surface area contributed by atoms with Crippen LogP contribution in [0.15, 0.2) is 18.2 Å². The van der Waals surface area contributed by atoms with Gasteiger partial charge in [-0.2, -0.15) is 0 Å². The third-order valence-corrected chi connectivity index (χ3v) is 2.97. The number of hydrogen-bond acceptors (Lipinski definition) is 2. The van der Waals surface area contributed by atoms with Crippen molar-refractivity contribution < 1.29 is 0 Å². The number of hydrogen-bond donors (Lipinski definition) is 2. The molecule has 0 aliphatic carbocycles. The molecule has 3 heteroatoms. The number of rotatable bonds is 1. The van der Waals surface area contributed by atoms with E-state index in [1.165, 1.54) is 12.8 Å². The molecule has 0 aromatic heterocycles. The molecular formula is C11H15ClN2. The Labute approximate surface area is 89.4 Å². The summed E-state index contributed by atoms with van der Waals surface area (Å²) in [5.41, 5.74) is 7.91. The molecule has 1 fully saturated rings. The third-order valence-electron chi connectivity index (χ3n) is 2.73. The Morgan fingerprint density at radius 3 is 2.93 bits per heavy atom. The second kappa shape index (κ2) is 4.20. The van der Waals surface area contributed by atoms with Crippen molar-refractivity contribution in [3.05, 3.63) is 28.8 Å². The van der Waals surface area contributed by atoms with Crippen LogP contribution in [0.1, 0.15) is 30.9 Å². The van der Waals surface area contributed by atoms with E-state index >= 15 is 0 Å². The number of nitrogens with two attached hydrogens (primary N) is 1. The summed E-state index contributed by atoms with van der Waals surface area (Å²) in [4.78, 5) is 0. The summed E-state index contributed by atoms with van der Waals surface area (Å²) in [6, 6.07) is 6.08. The van der Waals surface area contributed by atoms with Gasteiger partial charge in [0.15, 0.2) is 0 Å². The summed E-state index contributed by atoms with van der Waals surface area (Å²) in [6.07, 6.45) is 3.69. The van der Waals surface area contributed by atoms with Gasteiger partial charge < -0.3 is 11.1 Å². The van der Waals surface area contributed by atoms with Crippen LogP contribution in [0.4, 0.5) is 5.69 Å². The molecule has 1 aliphatic heterocycles. The molecule has 0 spiro atoms. The van der Waals surface area contributed by atoms with Gasteiger partial charge in [-0.05, 0) is 43.1 Å². The zero-order chi connectivity index (χ0) is 9.97. The van der Waals surface area contributed by atoms with E-state index in [0.717, 1.165) is 29.2 Å². The normalized spacial score (nSPS) is 22.2. The number of benzene rings is 1. The Kier molecular flexibility index (Phi) is 2.94. The van der Waals surface area contributed by atoms with Gasteiger partial charge in [-0.25, -0.2) is 0 Å². The molecule has 76 valence electrons. The Hall–Kier alpha value is -0.730. The fraction of sp³-hybridized carbons (Fsp3) is 0.455. The van der Waals surface area contributed by atoms with Gasteiger partial charge in [-0.15, -0.1) is 0 Å². The molecule has 1 unspecified atom stereocenters. The zero-order valence-electron chi connectivity index (χ0n) is 8.09. The minimum Gasteiger partial charge on any atom is -0.398 e. The minimum atomic E-state index is 0.391. The second-order valence-corrected chi connectivity index (χ2v) is 4.21. The fourth-order valence-electron chi connectivity index (χ4n) is 1.96. The SMILES string of the molecule is Nc1ccc(Cl)cc1C1CCCCN1. The number of nitrogen functional groups attached to an aromatic ring is 1. The largest absolute Gasteiger partial charge is 0.398 e. The quantitative estimate of drug-likeness (QED) is 0.700. The van der Waals surface area contributed by atoms with Gasteiger partial charge >= 0.3 is 0 Å². The molecule has 14 heavy (non-hydrogen) atoms. The monoisotopic (exact) mass is 210 g/mol. The van der Waals surface area contributed by atoms with Crippen LogP contribution in [-0.2, 0) is 0 Å². The van der Waals surface area contributed by atoms with Crippen molar-refractivity contribution in [1.29, 1.82) is 0 Å². The van der Waals surface area contributed by atoms with Crippen LogP contribution in [0, 0.1) is 0 Å². The molecule has 1 aliphatic rings. The van der Waals surface area contributed by atoms with Crippen LogP contribution in [-0.4, -0.2) is 6.54 Å². The topological polar surface area (TPSA) is 38.0 Å². The Morgan fingerprint density at radius 2 is 2.21 bits per heavy atom. The highest BCUT2D eigenvalue weighted by molar-refractivity contribution is 6.30. The molecule has 0 amide bonds. The van der Waals surface area contributed by atoms with E-state index in [4.69, 9.17) is 17.3 Å². The average molecular weight is 211 g/mol. The number of nitrogens with one attached hydrogen (secondary N) is 1. The summed E-state index contributed by atoms with van der Waals surface area (Å²) in [7, 11) is 0. The molecule has 2 nitrogen and oxygen atoms in total. The van der Waals surface area contributed by atoms with E-state index in [1.807, 2.05) is 18.2 Å². The van der Waals surface area contributed by atoms with Crippen molar-refractivity contribution in [3.63, 3.8) is 0 Å². The van der Waals surface area contributed by atoms with Crippen LogP contribution < -0.4 is 11.1 Å². The summed E-state index contributed by atoms with van der Waals surface area (Å²) in [6.45, 7) is 1.08. The van der Waals surface area contributed by atoms with Gasteiger partial charge in [0.05, 0.1) is 0 Å². The van der Waals surface area contributed by atoms with E-state index in [2.05, 4.69) is 5.32 Å². The molecule has 3 N–H and O–H groups in total. The molecule has 1 aromatic rings. The van der Waals surface area contributed by atoms with E-state index < -0.39 is 0 Å². The standard InChI is InChI=1S/C11H15ClN2/c12-8-4-5-10(13)9(7-8)11-3-1-2-6-14-11/h4-5,7,11,14H,1-3,6,13H2. The first-order chi connectivity index (χ1) is 6.77. The Morgan fingerprint density at radius 1 is 1.36 bits per heavy atom. The molecule has 1 saturated heterocycles. The maximum atomic E-state index is 5.95. The minimum absolute atomic E-state index is 0.391. The van der Waals surface area contributed by atoms with Gasteiger partial charge in [-0.3, -0.25) is 0 Å². The van der Waals surface area contributed by atoms with Crippen molar-refractivity contribution in [1.82, 2.24) is 5.32 Å². The molecule has 0 saturated carbocycles. The molecule has 0 bridgehead atoms. The van der Waals surface area contributed by atoms with E-state index in [0.29, 0.717) is 6.04 Å². The van der Waals surface area contributed by atoms with Gasteiger partial charge in [0.25, 0.3) is 0 Å². The van der Waals surface area contributed by atoms with E-state index in [-0.39, 0.29) is 0 Å². The molecule has 1 heterocycles. The predicted octanol–water partition coefficient (Wildman–Crippen LogP) is 2.74. The van der Waals surface area contributed by atoms with Gasteiger partial charge in [0.2, 0.25) is 0 Å². The lowest BCUT2D eigenvalue weighted by Gasteiger charge is -2.25. The number of halogens is 1. The summed E-state index contributed by atoms with van der Waals surface area (Å²) >= 11 is 5.95. The zero-order valence-corrected chi connectivity index (χ0v) is 8.85. The van der Waals surface area contributed by atoms with Crippen molar-refractivity contribution in [2.45, 2.75) is 25.3 Å². The molecule has 0 radical (unpaired) electrons. The molecule has 1 atom stereocenters. The third kappa shape index (κ3) is 2.02. The highest BCUT2D eigenvalue weighted by atomic mass is 35.5. The summed E-state index contributed by atoms with van der Waals surface area (Å²) in [5, 5.41) is 4.23. The second-order valence-electron chi connectivity index (χ2n) is 3.78. The Bertz CT molecular complexity index is 319. The maximum absolute atomic E-state index is 5.95. The van der Waals surface area contributed by atoms with Crippen LogP contribution in [0.5, 0.6) is 0 Å². The van der Waals surface area contributed by atoms with E-state index in [1.54, 1.807) is 0 Å². The lowest BCUT2D eigenvalue weighted by Crippen LogP contribution is -2.27.